The second-order valence-electron chi connectivity index (χ2n) is 6.38. The fourth-order valence-corrected chi connectivity index (χ4v) is 4.47. The van der Waals surface area contributed by atoms with Gasteiger partial charge in [-0.3, -0.25) is 0 Å². The fourth-order valence-electron chi connectivity index (χ4n) is 4.06. The van der Waals surface area contributed by atoms with Crippen LogP contribution in [0.3, 0.4) is 0 Å². The van der Waals surface area contributed by atoms with Crippen LogP contribution in [0.4, 0.5) is 0 Å². The highest BCUT2D eigenvalue weighted by atomic mass is 32.2. The van der Waals surface area contributed by atoms with Crippen LogP contribution in [-0.4, -0.2) is 6.26 Å². The molecule has 2 atom stereocenters. The lowest BCUT2D eigenvalue weighted by atomic mass is 9.57. The summed E-state index contributed by atoms with van der Waals surface area (Å²) in [4.78, 5) is 1.12. The number of fused-ring (bicyclic) bond motifs is 1. The lowest BCUT2D eigenvalue weighted by Gasteiger charge is -2.43. The number of thioether (sulfide) groups is 1. The van der Waals surface area contributed by atoms with Crippen LogP contribution in [0.15, 0.2) is 52.1 Å². The maximum Gasteiger partial charge on any atom is 0.191 e. The van der Waals surface area contributed by atoms with Crippen LogP contribution in [0.25, 0.3) is 0 Å². The van der Waals surface area contributed by atoms with E-state index in [1.165, 1.54) is 0 Å². The molecule has 2 aliphatic carbocycles. The summed E-state index contributed by atoms with van der Waals surface area (Å²) in [7, 11) is 0. The van der Waals surface area contributed by atoms with Crippen molar-refractivity contribution < 1.29 is 0 Å². The first-order chi connectivity index (χ1) is 12.1. The van der Waals surface area contributed by atoms with Crippen LogP contribution >= 0.6 is 11.8 Å². The van der Waals surface area contributed by atoms with Gasteiger partial charge in [-0.2, -0.15) is 15.8 Å². The zero-order valence-corrected chi connectivity index (χ0v) is 14.8. The Hall–Kier alpha value is -2.68. The van der Waals surface area contributed by atoms with Gasteiger partial charge in [0.15, 0.2) is 5.41 Å². The molecule has 0 unspecified atom stereocenters. The number of allylic oxidation sites excluding steroid dienone is 4. The summed E-state index contributed by atoms with van der Waals surface area (Å²) in [5, 5.41) is 29.5. The molecule has 0 spiro atoms. The van der Waals surface area contributed by atoms with Gasteiger partial charge in [0.2, 0.25) is 0 Å². The Kier molecular flexibility index (Phi) is 4.58. The molecule has 25 heavy (non-hydrogen) atoms. The Balaban J connectivity index is 2.27. The molecule has 0 saturated carbocycles. The van der Waals surface area contributed by atoms with Crippen molar-refractivity contribution in [3.05, 3.63) is 52.7 Å². The molecule has 3 rings (SSSR count). The molecule has 0 aromatic heterocycles. The van der Waals surface area contributed by atoms with Gasteiger partial charge in [-0.15, -0.1) is 11.8 Å². The Morgan fingerprint density at radius 2 is 1.84 bits per heavy atom. The topological polar surface area (TPSA) is 97.4 Å². The van der Waals surface area contributed by atoms with Gasteiger partial charge in [0, 0.05) is 10.8 Å². The van der Waals surface area contributed by atoms with E-state index < -0.39 is 5.41 Å². The number of rotatable bonds is 2. The van der Waals surface area contributed by atoms with Crippen LogP contribution in [-0.2, 0) is 0 Å². The fraction of sp³-hybridized carbons (Fsp3) is 0.350. The zero-order valence-electron chi connectivity index (χ0n) is 14.0. The van der Waals surface area contributed by atoms with Gasteiger partial charge in [-0.25, -0.2) is 0 Å². The Morgan fingerprint density at radius 1 is 1.16 bits per heavy atom. The van der Waals surface area contributed by atoms with Crippen molar-refractivity contribution in [2.45, 2.75) is 30.1 Å². The Labute approximate surface area is 152 Å². The highest BCUT2D eigenvalue weighted by Crippen LogP contribution is 2.55. The molecule has 1 aromatic carbocycles. The van der Waals surface area contributed by atoms with Crippen molar-refractivity contribution in [3.63, 3.8) is 0 Å². The first kappa shape index (κ1) is 17.2. The third-order valence-corrected chi connectivity index (χ3v) is 6.02. The van der Waals surface area contributed by atoms with Crippen molar-refractivity contribution in [1.29, 1.82) is 15.8 Å². The largest absolute Gasteiger partial charge is 0.399 e. The van der Waals surface area contributed by atoms with E-state index >= 15 is 0 Å². The molecule has 5 heteroatoms. The maximum absolute atomic E-state index is 9.93. The molecular weight excluding hydrogens is 328 g/mol. The van der Waals surface area contributed by atoms with E-state index in [2.05, 4.69) is 24.3 Å². The van der Waals surface area contributed by atoms with E-state index in [0.29, 0.717) is 5.57 Å². The van der Waals surface area contributed by atoms with Gasteiger partial charge in [0.1, 0.15) is 6.07 Å². The van der Waals surface area contributed by atoms with Crippen LogP contribution in [0.5, 0.6) is 0 Å². The van der Waals surface area contributed by atoms with E-state index in [-0.39, 0.29) is 17.5 Å². The molecule has 0 bridgehead atoms. The second-order valence-corrected chi connectivity index (χ2v) is 7.26. The molecule has 0 aliphatic heterocycles. The van der Waals surface area contributed by atoms with E-state index in [9.17, 15) is 15.8 Å². The predicted molar refractivity (Wildman–Crippen MR) is 96.9 cm³/mol. The monoisotopic (exact) mass is 346 g/mol. The molecule has 4 nitrogen and oxygen atoms in total. The van der Waals surface area contributed by atoms with Crippen molar-refractivity contribution >= 4 is 11.8 Å². The Bertz CT molecular complexity index is 860. The highest BCUT2D eigenvalue weighted by molar-refractivity contribution is 7.98. The van der Waals surface area contributed by atoms with Crippen molar-refractivity contribution in [3.8, 4) is 18.2 Å². The van der Waals surface area contributed by atoms with Gasteiger partial charge in [0.05, 0.1) is 23.4 Å². The number of nitrogens with two attached hydrogens (primary N) is 1. The molecule has 0 heterocycles. The maximum atomic E-state index is 9.93. The minimum Gasteiger partial charge on any atom is -0.399 e. The molecule has 0 saturated heterocycles. The first-order valence-electron chi connectivity index (χ1n) is 8.20. The minimum atomic E-state index is -1.51. The van der Waals surface area contributed by atoms with Gasteiger partial charge in [-0.05, 0) is 54.7 Å². The van der Waals surface area contributed by atoms with Crippen molar-refractivity contribution in [2.24, 2.45) is 17.1 Å². The summed E-state index contributed by atoms with van der Waals surface area (Å²) in [6.07, 6.45) is 6.80. The van der Waals surface area contributed by atoms with Crippen LogP contribution in [0.1, 0.15) is 30.7 Å². The highest BCUT2D eigenvalue weighted by Gasteiger charge is 2.53. The van der Waals surface area contributed by atoms with Crippen LogP contribution in [0, 0.1) is 45.3 Å². The molecule has 1 aromatic rings. The molecule has 0 radical (unpaired) electrons. The van der Waals surface area contributed by atoms with Gasteiger partial charge in [0.25, 0.3) is 0 Å². The molecule has 2 aliphatic rings. The lowest BCUT2D eigenvalue weighted by molar-refractivity contribution is 0.317. The number of hydrogen-bond acceptors (Lipinski definition) is 5. The van der Waals surface area contributed by atoms with Crippen LogP contribution in [0.2, 0.25) is 0 Å². The number of benzene rings is 1. The zero-order chi connectivity index (χ0) is 18.0. The van der Waals surface area contributed by atoms with Gasteiger partial charge >= 0.3 is 0 Å². The molecule has 0 fully saturated rings. The summed E-state index contributed by atoms with van der Waals surface area (Å²) < 4.78 is 0. The van der Waals surface area contributed by atoms with Gasteiger partial charge in [-0.1, -0.05) is 18.2 Å². The summed E-state index contributed by atoms with van der Waals surface area (Å²) >= 11 is 1.64. The standard InChI is InChI=1S/C20H18N4S/c1-25-14-8-6-13(7-9-14)18-16-5-3-2-4-15(16)17(10-21)19(24)20(18,11-22)12-23/h4,6-9,16,18H,2-3,5,24H2,1H3/t16-,18+/m0/s1. The summed E-state index contributed by atoms with van der Waals surface area (Å²) in [5.41, 5.74) is 7.00. The third kappa shape index (κ3) is 2.51. The second kappa shape index (κ2) is 6.67. The summed E-state index contributed by atoms with van der Waals surface area (Å²) in [6.45, 7) is 0. The minimum absolute atomic E-state index is 0.0323. The third-order valence-electron chi connectivity index (χ3n) is 5.27. The van der Waals surface area contributed by atoms with Crippen LogP contribution < -0.4 is 5.73 Å². The number of nitrogens with zero attached hydrogens (tertiary/aromatic N) is 3. The van der Waals surface area contributed by atoms with Gasteiger partial charge < -0.3 is 5.73 Å². The molecule has 2 N–H and O–H groups in total. The summed E-state index contributed by atoms with van der Waals surface area (Å²) in [6, 6.07) is 14.5. The number of hydrogen-bond donors (Lipinski definition) is 1. The average Bonchev–Trinajstić information content (AvgIpc) is 2.67. The smallest absolute Gasteiger partial charge is 0.191 e. The normalized spacial score (nSPS) is 24.3. The van der Waals surface area contributed by atoms with E-state index in [1.807, 2.05) is 30.5 Å². The SMILES string of the molecule is CSc1ccc([C@@H]2[C@H]3CCCC=C3C(C#N)=C(N)C2(C#N)C#N)cc1. The average molecular weight is 346 g/mol. The quantitative estimate of drug-likeness (QED) is 0.816. The lowest BCUT2D eigenvalue weighted by Crippen LogP contribution is -2.42. The molecule has 124 valence electrons. The predicted octanol–water partition coefficient (Wildman–Crippen LogP) is 4.00. The van der Waals surface area contributed by atoms with E-state index in [0.717, 1.165) is 35.3 Å². The van der Waals surface area contributed by atoms with Crippen molar-refractivity contribution in [2.75, 3.05) is 6.26 Å². The Morgan fingerprint density at radius 3 is 2.40 bits per heavy atom. The molecule has 0 amide bonds. The number of nitriles is 3. The van der Waals surface area contributed by atoms with E-state index in [4.69, 9.17) is 5.73 Å². The van der Waals surface area contributed by atoms with E-state index in [1.54, 1.807) is 11.8 Å². The van der Waals surface area contributed by atoms with Crippen molar-refractivity contribution in [1.82, 2.24) is 0 Å². The summed E-state index contributed by atoms with van der Waals surface area (Å²) in [5.74, 6) is -0.391. The molecular formula is C20H18N4S. The first-order valence-corrected chi connectivity index (χ1v) is 9.42.